The van der Waals surface area contributed by atoms with E-state index in [0.717, 1.165) is 0 Å². The molecule has 0 N–H and O–H groups in total. The van der Waals surface area contributed by atoms with E-state index < -0.39 is 0 Å². The van der Waals surface area contributed by atoms with Crippen LogP contribution >= 0.6 is 0 Å². The third kappa shape index (κ3) is 3.37. The first kappa shape index (κ1) is 15.4. The summed E-state index contributed by atoms with van der Waals surface area (Å²) >= 11 is 0. The van der Waals surface area contributed by atoms with Crippen molar-refractivity contribution < 1.29 is 0 Å². The van der Waals surface area contributed by atoms with E-state index in [2.05, 4.69) is 43.4 Å². The third-order valence-corrected chi connectivity index (χ3v) is 1.97. The SMILES string of the molecule is C.C.CC.CC1=CC2C=CC=C2C=C1. The summed E-state index contributed by atoms with van der Waals surface area (Å²) in [5.41, 5.74) is 2.79. The molecule has 0 nitrogen and oxygen atoms in total. The molecule has 2 rings (SSSR count). The Kier molecular flexibility index (Phi) is 8.13. The highest BCUT2D eigenvalue weighted by Gasteiger charge is 2.11. The molecule has 0 heteroatoms. The van der Waals surface area contributed by atoms with Crippen LogP contribution in [0.5, 0.6) is 0 Å². The zero-order valence-corrected chi connectivity index (χ0v) is 8.04. The molecule has 0 bridgehead atoms. The molecule has 0 spiro atoms. The van der Waals surface area contributed by atoms with Gasteiger partial charge in [0.2, 0.25) is 0 Å². The van der Waals surface area contributed by atoms with Crippen LogP contribution in [0.2, 0.25) is 0 Å². The van der Waals surface area contributed by atoms with Crippen LogP contribution in [-0.4, -0.2) is 0 Å². The highest BCUT2D eigenvalue weighted by molar-refractivity contribution is 5.45. The molecule has 2 aliphatic rings. The Morgan fingerprint density at radius 2 is 1.71 bits per heavy atom. The first-order valence-electron chi connectivity index (χ1n) is 4.61. The molecule has 0 aliphatic heterocycles. The molecule has 0 aromatic rings. The third-order valence-electron chi connectivity index (χ3n) is 1.97. The second-order valence-electron chi connectivity index (χ2n) is 2.82. The van der Waals surface area contributed by atoms with Crippen molar-refractivity contribution in [2.75, 3.05) is 0 Å². The summed E-state index contributed by atoms with van der Waals surface area (Å²) in [6.45, 7) is 6.14. The van der Waals surface area contributed by atoms with Gasteiger partial charge in [0.05, 0.1) is 0 Å². The number of allylic oxidation sites excluding steroid dienone is 8. The van der Waals surface area contributed by atoms with Crippen molar-refractivity contribution in [1.29, 1.82) is 0 Å². The monoisotopic (exact) mass is 192 g/mol. The summed E-state index contributed by atoms with van der Waals surface area (Å²) in [6.07, 6.45) is 13.2. The van der Waals surface area contributed by atoms with Crippen LogP contribution < -0.4 is 0 Å². The Labute approximate surface area is 89.7 Å². The van der Waals surface area contributed by atoms with Crippen molar-refractivity contribution in [2.24, 2.45) is 5.92 Å². The number of rotatable bonds is 0. The molecule has 0 saturated carbocycles. The minimum absolute atomic E-state index is 0. The molecule has 0 radical (unpaired) electrons. The van der Waals surface area contributed by atoms with Crippen LogP contribution in [0.4, 0.5) is 0 Å². The van der Waals surface area contributed by atoms with E-state index in [-0.39, 0.29) is 14.9 Å². The largest absolute Gasteiger partial charge is 0.0776 e. The molecule has 14 heavy (non-hydrogen) atoms. The Morgan fingerprint density at radius 1 is 1.07 bits per heavy atom. The zero-order valence-electron chi connectivity index (χ0n) is 8.04. The number of hydrogen-bond acceptors (Lipinski definition) is 0. The van der Waals surface area contributed by atoms with Crippen molar-refractivity contribution >= 4 is 0 Å². The minimum Gasteiger partial charge on any atom is -0.0776 e. The predicted octanol–water partition coefficient (Wildman–Crippen LogP) is 4.91. The van der Waals surface area contributed by atoms with E-state index in [1.807, 2.05) is 13.8 Å². The molecule has 0 amide bonds. The lowest BCUT2D eigenvalue weighted by atomic mass is 9.95. The van der Waals surface area contributed by atoms with Crippen molar-refractivity contribution in [3.8, 4) is 0 Å². The molecular formula is C14H24. The Balaban J connectivity index is 0. The van der Waals surface area contributed by atoms with E-state index in [1.165, 1.54) is 11.1 Å². The van der Waals surface area contributed by atoms with Crippen LogP contribution in [-0.2, 0) is 0 Å². The molecule has 0 fully saturated rings. The van der Waals surface area contributed by atoms with Gasteiger partial charge in [-0.05, 0) is 12.5 Å². The van der Waals surface area contributed by atoms with Crippen molar-refractivity contribution in [1.82, 2.24) is 0 Å². The van der Waals surface area contributed by atoms with Gasteiger partial charge < -0.3 is 0 Å². The lowest BCUT2D eigenvalue weighted by molar-refractivity contribution is 1.00. The second kappa shape index (κ2) is 7.37. The van der Waals surface area contributed by atoms with Crippen LogP contribution in [0, 0.1) is 5.92 Å². The summed E-state index contributed by atoms with van der Waals surface area (Å²) < 4.78 is 0. The molecule has 0 aromatic heterocycles. The quantitative estimate of drug-likeness (QED) is 0.511. The van der Waals surface area contributed by atoms with Crippen LogP contribution in [0.25, 0.3) is 0 Å². The van der Waals surface area contributed by atoms with Gasteiger partial charge in [-0.15, -0.1) is 0 Å². The molecule has 2 aliphatic carbocycles. The topological polar surface area (TPSA) is 0 Å². The Bertz CT molecular complexity index is 262. The van der Waals surface area contributed by atoms with E-state index in [1.54, 1.807) is 0 Å². The van der Waals surface area contributed by atoms with E-state index in [0.29, 0.717) is 5.92 Å². The standard InChI is InChI=1S/C10H10.C2H6.2CH4/c1-8-5-6-9-3-2-4-10(9)7-8;1-2;;/h2-7,10H,1H3;1-2H3;2*1H4. The van der Waals surface area contributed by atoms with Crippen LogP contribution in [0.1, 0.15) is 35.6 Å². The molecule has 80 valence electrons. The molecule has 0 aromatic carbocycles. The van der Waals surface area contributed by atoms with Crippen LogP contribution in [0.15, 0.2) is 47.6 Å². The van der Waals surface area contributed by atoms with Gasteiger partial charge in [-0.2, -0.15) is 0 Å². The van der Waals surface area contributed by atoms with E-state index >= 15 is 0 Å². The lowest BCUT2D eigenvalue weighted by Gasteiger charge is -2.10. The maximum Gasteiger partial charge on any atom is 0.0207 e. The molecule has 1 unspecified atom stereocenters. The van der Waals surface area contributed by atoms with Gasteiger partial charge in [0.1, 0.15) is 0 Å². The smallest absolute Gasteiger partial charge is 0.0207 e. The fourth-order valence-corrected chi connectivity index (χ4v) is 1.39. The zero-order chi connectivity index (χ0) is 8.97. The van der Waals surface area contributed by atoms with Gasteiger partial charge in [0, 0.05) is 5.92 Å². The van der Waals surface area contributed by atoms with Gasteiger partial charge in [0.25, 0.3) is 0 Å². The lowest BCUT2D eigenvalue weighted by Crippen LogP contribution is -1.96. The highest BCUT2D eigenvalue weighted by Crippen LogP contribution is 2.26. The van der Waals surface area contributed by atoms with E-state index in [4.69, 9.17) is 0 Å². The fourth-order valence-electron chi connectivity index (χ4n) is 1.39. The average molecular weight is 192 g/mol. The molecule has 1 atom stereocenters. The van der Waals surface area contributed by atoms with Crippen LogP contribution in [0.3, 0.4) is 0 Å². The normalized spacial score (nSPS) is 20.4. The summed E-state index contributed by atoms with van der Waals surface area (Å²) in [5.74, 6) is 0.574. The Morgan fingerprint density at radius 3 is 2.36 bits per heavy atom. The first-order chi connectivity index (χ1) is 5.86. The Hall–Kier alpha value is -1.04. The molecular weight excluding hydrogens is 168 g/mol. The summed E-state index contributed by atoms with van der Waals surface area (Å²) in [6, 6.07) is 0. The van der Waals surface area contributed by atoms with Gasteiger partial charge in [0.15, 0.2) is 0 Å². The fraction of sp³-hybridized carbons (Fsp3) is 0.429. The molecule has 0 saturated heterocycles. The average Bonchev–Trinajstić information content (AvgIpc) is 2.54. The maximum absolute atomic E-state index is 2.29. The number of fused-ring (bicyclic) bond motifs is 1. The summed E-state index contributed by atoms with van der Waals surface area (Å²) in [7, 11) is 0. The van der Waals surface area contributed by atoms with E-state index in [9.17, 15) is 0 Å². The van der Waals surface area contributed by atoms with Gasteiger partial charge >= 0.3 is 0 Å². The van der Waals surface area contributed by atoms with Gasteiger partial charge in [-0.1, -0.05) is 70.7 Å². The maximum atomic E-state index is 2.29. The van der Waals surface area contributed by atoms with Gasteiger partial charge in [-0.25, -0.2) is 0 Å². The minimum atomic E-state index is 0. The summed E-state index contributed by atoms with van der Waals surface area (Å²) in [5, 5.41) is 0. The second-order valence-corrected chi connectivity index (χ2v) is 2.82. The van der Waals surface area contributed by atoms with Crippen molar-refractivity contribution in [2.45, 2.75) is 35.6 Å². The van der Waals surface area contributed by atoms with Crippen molar-refractivity contribution in [3.05, 3.63) is 47.6 Å². The summed E-state index contributed by atoms with van der Waals surface area (Å²) in [4.78, 5) is 0. The first-order valence-corrected chi connectivity index (χ1v) is 4.61. The number of hydrogen-bond donors (Lipinski definition) is 0. The predicted molar refractivity (Wildman–Crippen MR) is 68.4 cm³/mol. The van der Waals surface area contributed by atoms with Crippen molar-refractivity contribution in [3.63, 3.8) is 0 Å². The highest BCUT2D eigenvalue weighted by atomic mass is 14.2. The van der Waals surface area contributed by atoms with Gasteiger partial charge in [-0.3, -0.25) is 0 Å². The molecule has 0 heterocycles.